The second kappa shape index (κ2) is 39.8. The number of rotatable bonds is 42. The van der Waals surface area contributed by atoms with Gasteiger partial charge < -0.3 is 89.9 Å². The molecule has 3 saturated heterocycles. The van der Waals surface area contributed by atoms with Crippen molar-refractivity contribution in [1.82, 2.24) is 5.32 Å². The zero-order valence-corrected chi connectivity index (χ0v) is 45.1. The number of ether oxygens (including phenoxy) is 6. The van der Waals surface area contributed by atoms with Crippen LogP contribution in [0.4, 0.5) is 0 Å². The van der Waals surface area contributed by atoms with Crippen LogP contribution in [-0.2, 0) is 33.2 Å². The topological polar surface area (TPSA) is 307 Å². The molecule has 3 fully saturated rings. The molecule has 0 bridgehead atoms. The van der Waals surface area contributed by atoms with Gasteiger partial charge in [0.05, 0.1) is 38.6 Å². The second-order valence-electron chi connectivity index (χ2n) is 21.1. The maximum absolute atomic E-state index is 13.3. The van der Waals surface area contributed by atoms with Crippen molar-refractivity contribution in [1.29, 1.82) is 0 Å². The Morgan fingerprint density at radius 3 is 1.34 bits per heavy atom. The lowest BCUT2D eigenvalue weighted by Crippen LogP contribution is -2.66. The van der Waals surface area contributed by atoms with Crippen LogP contribution in [0.1, 0.15) is 200 Å². The number of allylic oxidation sites excluding steroid dienone is 2. The average Bonchev–Trinajstić information content (AvgIpc) is 3.40. The number of aliphatic hydroxyl groups is 11. The molecular weight excluding hydrogens is 963 g/mol. The summed E-state index contributed by atoms with van der Waals surface area (Å²) in [5, 5.41) is 120. The maximum atomic E-state index is 13.3. The van der Waals surface area contributed by atoms with Crippen LogP contribution in [0.2, 0.25) is 0 Å². The van der Waals surface area contributed by atoms with E-state index in [9.17, 15) is 61.0 Å². The van der Waals surface area contributed by atoms with Gasteiger partial charge in [0.25, 0.3) is 0 Å². The number of aliphatic hydroxyl groups excluding tert-OH is 11. The molecule has 0 spiro atoms. The van der Waals surface area contributed by atoms with Gasteiger partial charge in [-0.3, -0.25) is 4.79 Å². The van der Waals surface area contributed by atoms with E-state index in [1.54, 1.807) is 0 Å². The summed E-state index contributed by atoms with van der Waals surface area (Å²) < 4.78 is 34.2. The van der Waals surface area contributed by atoms with Crippen LogP contribution in [0, 0.1) is 0 Å². The molecule has 74 heavy (non-hydrogen) atoms. The molecule has 0 aromatic rings. The summed E-state index contributed by atoms with van der Waals surface area (Å²) in [6.07, 6.45) is 10.2. The molecule has 3 heterocycles. The Morgan fingerprint density at radius 1 is 0.473 bits per heavy atom. The first-order valence-corrected chi connectivity index (χ1v) is 28.9. The van der Waals surface area contributed by atoms with E-state index >= 15 is 0 Å². The maximum Gasteiger partial charge on any atom is 0.220 e. The molecule has 17 unspecified atom stereocenters. The summed E-state index contributed by atoms with van der Waals surface area (Å²) in [5.74, 6) is -0.253. The van der Waals surface area contributed by atoms with Crippen LogP contribution in [0.3, 0.4) is 0 Å². The molecule has 0 aromatic heterocycles. The summed E-state index contributed by atoms with van der Waals surface area (Å²) in [6.45, 7) is 1.75. The molecule has 3 aliphatic rings. The molecule has 0 aliphatic carbocycles. The number of amides is 1. The van der Waals surface area contributed by atoms with E-state index in [0.29, 0.717) is 12.8 Å². The normalized spacial score (nSPS) is 31.5. The standard InChI is InChI=1S/C55H103NO18/c1-3-5-7-9-11-13-15-17-18-19-20-21-22-24-26-28-30-32-39(60)38(56-43(61)33-31-29-27-25-23-16-14-12-10-8-6-4-2)37-69-53-49(67)46(64)51(41(35-58)71-53)74-55-50(68)47(65)52(42(36-59)72-55)73-54-48(66)45(63)44(62)40(34-57)70-54/h12,14,38-42,44-55,57-60,62-68H,3-11,13,15-37H2,1-2H3,(H,56,61)/b14-12-. The summed E-state index contributed by atoms with van der Waals surface area (Å²) in [5.41, 5.74) is 0. The van der Waals surface area contributed by atoms with Crippen molar-refractivity contribution >= 4 is 5.91 Å². The molecule has 19 nitrogen and oxygen atoms in total. The average molecular weight is 1070 g/mol. The third kappa shape index (κ3) is 24.3. The van der Waals surface area contributed by atoms with E-state index in [1.807, 2.05) is 0 Å². The second-order valence-corrected chi connectivity index (χ2v) is 21.1. The van der Waals surface area contributed by atoms with Gasteiger partial charge in [-0.2, -0.15) is 0 Å². The highest BCUT2D eigenvalue weighted by atomic mass is 16.8. The van der Waals surface area contributed by atoms with Gasteiger partial charge in [0.15, 0.2) is 18.9 Å². The van der Waals surface area contributed by atoms with Gasteiger partial charge >= 0.3 is 0 Å². The van der Waals surface area contributed by atoms with Gasteiger partial charge in [-0.25, -0.2) is 0 Å². The molecule has 0 radical (unpaired) electrons. The molecule has 1 amide bonds. The Morgan fingerprint density at radius 2 is 0.851 bits per heavy atom. The van der Waals surface area contributed by atoms with Crippen LogP contribution in [0.5, 0.6) is 0 Å². The van der Waals surface area contributed by atoms with Gasteiger partial charge in [0.1, 0.15) is 73.2 Å². The summed E-state index contributed by atoms with van der Waals surface area (Å²) in [7, 11) is 0. The number of unbranched alkanes of at least 4 members (excludes halogenated alkanes) is 24. The van der Waals surface area contributed by atoms with Crippen LogP contribution < -0.4 is 5.32 Å². The van der Waals surface area contributed by atoms with Gasteiger partial charge in [-0.15, -0.1) is 0 Å². The Kier molecular flexibility index (Phi) is 35.9. The van der Waals surface area contributed by atoms with Gasteiger partial charge in [0.2, 0.25) is 5.91 Å². The monoisotopic (exact) mass is 1070 g/mol. The highest BCUT2D eigenvalue weighted by Crippen LogP contribution is 2.33. The third-order valence-electron chi connectivity index (χ3n) is 14.8. The number of hydrogen-bond acceptors (Lipinski definition) is 18. The van der Waals surface area contributed by atoms with Crippen molar-refractivity contribution in [2.45, 2.75) is 304 Å². The van der Waals surface area contributed by atoms with Crippen molar-refractivity contribution in [3.63, 3.8) is 0 Å². The minimum Gasteiger partial charge on any atom is -0.394 e. The molecule has 17 atom stereocenters. The Labute approximate surface area is 442 Å². The largest absolute Gasteiger partial charge is 0.394 e. The zero-order valence-electron chi connectivity index (χ0n) is 45.1. The molecule has 3 rings (SSSR count). The van der Waals surface area contributed by atoms with Crippen molar-refractivity contribution in [2.24, 2.45) is 0 Å². The van der Waals surface area contributed by atoms with E-state index in [0.717, 1.165) is 64.2 Å². The first kappa shape index (κ1) is 66.8. The van der Waals surface area contributed by atoms with Crippen molar-refractivity contribution in [3.8, 4) is 0 Å². The summed E-state index contributed by atoms with van der Waals surface area (Å²) in [6, 6.07) is -0.886. The number of carbonyl (C=O) groups is 1. The lowest BCUT2D eigenvalue weighted by atomic mass is 9.96. The van der Waals surface area contributed by atoms with E-state index in [-0.39, 0.29) is 18.9 Å². The van der Waals surface area contributed by atoms with Gasteiger partial charge in [-0.05, 0) is 38.5 Å². The molecule has 0 aromatic carbocycles. The van der Waals surface area contributed by atoms with Crippen molar-refractivity contribution in [2.75, 3.05) is 26.4 Å². The molecular formula is C55H103NO18. The molecule has 3 aliphatic heterocycles. The number of nitrogens with one attached hydrogen (secondary N) is 1. The van der Waals surface area contributed by atoms with Gasteiger partial charge in [-0.1, -0.05) is 167 Å². The Hall–Kier alpha value is -1.47. The first-order valence-electron chi connectivity index (χ1n) is 28.9. The van der Waals surface area contributed by atoms with Crippen LogP contribution in [-0.4, -0.2) is 193 Å². The Balaban J connectivity index is 1.51. The Bertz CT molecular complexity index is 1410. The summed E-state index contributed by atoms with van der Waals surface area (Å²) in [4.78, 5) is 13.3. The predicted octanol–water partition coefficient (Wildman–Crippen LogP) is 4.21. The van der Waals surface area contributed by atoms with Crippen LogP contribution in [0.15, 0.2) is 12.2 Å². The molecule has 12 N–H and O–H groups in total. The van der Waals surface area contributed by atoms with E-state index in [4.69, 9.17) is 28.4 Å². The highest BCUT2D eigenvalue weighted by Gasteiger charge is 2.53. The van der Waals surface area contributed by atoms with Crippen LogP contribution in [0.25, 0.3) is 0 Å². The van der Waals surface area contributed by atoms with Crippen molar-refractivity contribution in [3.05, 3.63) is 12.2 Å². The fraction of sp³-hybridized carbons (Fsp3) is 0.945. The van der Waals surface area contributed by atoms with Crippen molar-refractivity contribution < 1.29 is 89.4 Å². The lowest BCUT2D eigenvalue weighted by molar-refractivity contribution is -0.379. The summed E-state index contributed by atoms with van der Waals surface area (Å²) >= 11 is 0. The smallest absolute Gasteiger partial charge is 0.220 e. The number of hydrogen-bond donors (Lipinski definition) is 12. The van der Waals surface area contributed by atoms with Gasteiger partial charge in [0, 0.05) is 6.42 Å². The minimum atomic E-state index is -1.97. The third-order valence-corrected chi connectivity index (χ3v) is 14.8. The highest BCUT2D eigenvalue weighted by molar-refractivity contribution is 5.76. The van der Waals surface area contributed by atoms with E-state index in [1.165, 1.54) is 103 Å². The van der Waals surface area contributed by atoms with Crippen LogP contribution >= 0.6 is 0 Å². The first-order chi connectivity index (χ1) is 35.8. The molecule has 19 heteroatoms. The fourth-order valence-electron chi connectivity index (χ4n) is 10.0. The number of carbonyl (C=O) groups excluding carboxylic acids is 1. The quantitative estimate of drug-likeness (QED) is 0.0301. The lowest BCUT2D eigenvalue weighted by Gasteiger charge is -2.48. The van der Waals surface area contributed by atoms with E-state index < -0.39 is 124 Å². The fourth-order valence-corrected chi connectivity index (χ4v) is 10.0. The van der Waals surface area contributed by atoms with E-state index in [2.05, 4.69) is 31.3 Å². The zero-order chi connectivity index (χ0) is 54.1. The minimum absolute atomic E-state index is 0.253. The predicted molar refractivity (Wildman–Crippen MR) is 277 cm³/mol. The SMILES string of the molecule is CCCCC/C=C\CCCCCCCC(=O)NC(COC1OC(CO)C(OC2OC(CO)C(OC3OC(CO)C(O)C(O)C3O)C(O)C2O)C(O)C1O)C(O)CCCCCCCCCCCCCCCCCCC. The molecule has 0 saturated carbocycles. The molecule has 436 valence electrons.